The lowest BCUT2D eigenvalue weighted by molar-refractivity contribution is -0.155. The number of nitrogens with one attached hydrogen (secondary N) is 1. The maximum atomic E-state index is 13.5. The van der Waals surface area contributed by atoms with Crippen molar-refractivity contribution in [3.05, 3.63) is 22.5 Å². The summed E-state index contributed by atoms with van der Waals surface area (Å²) in [6.07, 6.45) is -4.37. The Morgan fingerprint density at radius 2 is 1.96 bits per heavy atom. The molecule has 0 amide bonds. The van der Waals surface area contributed by atoms with Gasteiger partial charge in [-0.2, -0.15) is 13.2 Å². The van der Waals surface area contributed by atoms with Crippen LogP contribution in [0.5, 0.6) is 0 Å². The Labute approximate surface area is 144 Å². The van der Waals surface area contributed by atoms with E-state index in [-0.39, 0.29) is 24.9 Å². The highest BCUT2D eigenvalue weighted by Gasteiger charge is 2.46. The van der Waals surface area contributed by atoms with Gasteiger partial charge in [-0.05, 0) is 14.0 Å². The Hall–Kier alpha value is -1.74. The molecule has 2 saturated heterocycles. The van der Waals surface area contributed by atoms with E-state index < -0.39 is 17.8 Å². The fraction of sp³-hybridized carbons (Fsp3) is 0.688. The van der Waals surface area contributed by atoms with Crippen molar-refractivity contribution in [3.8, 4) is 0 Å². The molecule has 0 radical (unpaired) electrons. The smallest absolute Gasteiger partial charge is 0.377 e. The molecule has 0 bridgehead atoms. The standard InChI is InChI=1S/C16H23F3N4O2/c1-11-10-25-6-5-22(11)12-7-14(20-15(24)8-12)23-4-3-21(2)9-13(23)16(17,18)19/h7-8,11,13H,3-6,9-10H2,1-2H3,(H,20,24). The molecule has 0 aromatic carbocycles. The fourth-order valence-electron chi connectivity index (χ4n) is 3.43. The average molecular weight is 360 g/mol. The third-order valence-electron chi connectivity index (χ3n) is 4.78. The quantitative estimate of drug-likeness (QED) is 0.861. The minimum atomic E-state index is -4.37. The number of pyridine rings is 1. The Morgan fingerprint density at radius 3 is 2.64 bits per heavy atom. The molecular formula is C16H23F3N4O2. The van der Waals surface area contributed by atoms with Gasteiger partial charge in [-0.3, -0.25) is 4.79 Å². The SMILES string of the molecule is CC1COCCN1c1cc(N2CCN(C)CC2C(F)(F)F)[nH]c(=O)c1. The Kier molecular flexibility index (Phi) is 4.97. The number of anilines is 2. The van der Waals surface area contributed by atoms with E-state index in [1.807, 2.05) is 11.8 Å². The first kappa shape index (κ1) is 18.1. The number of aromatic nitrogens is 1. The van der Waals surface area contributed by atoms with Crippen molar-refractivity contribution < 1.29 is 17.9 Å². The Bertz CT molecular complexity index is 664. The Balaban J connectivity index is 1.94. The van der Waals surface area contributed by atoms with Gasteiger partial charge in [0.1, 0.15) is 11.9 Å². The molecule has 0 aliphatic carbocycles. The van der Waals surface area contributed by atoms with Crippen molar-refractivity contribution in [1.29, 1.82) is 0 Å². The second kappa shape index (κ2) is 6.87. The van der Waals surface area contributed by atoms with Crippen LogP contribution in [-0.4, -0.2) is 74.6 Å². The molecule has 1 N–H and O–H groups in total. The van der Waals surface area contributed by atoms with Crippen molar-refractivity contribution >= 4 is 11.5 Å². The van der Waals surface area contributed by atoms with Crippen LogP contribution in [0.1, 0.15) is 6.92 Å². The van der Waals surface area contributed by atoms with Crippen LogP contribution >= 0.6 is 0 Å². The predicted octanol–water partition coefficient (Wildman–Crippen LogP) is 1.28. The summed E-state index contributed by atoms with van der Waals surface area (Å²) in [5, 5.41) is 0. The second-order valence-electron chi connectivity index (χ2n) is 6.72. The highest BCUT2D eigenvalue weighted by Crippen LogP contribution is 2.31. The third kappa shape index (κ3) is 3.92. The zero-order valence-electron chi connectivity index (χ0n) is 14.3. The van der Waals surface area contributed by atoms with Crippen molar-refractivity contribution in [3.63, 3.8) is 0 Å². The Morgan fingerprint density at radius 1 is 1.20 bits per heavy atom. The number of hydrogen-bond donors (Lipinski definition) is 1. The van der Waals surface area contributed by atoms with Crippen molar-refractivity contribution in [2.24, 2.45) is 0 Å². The molecule has 2 aliphatic rings. The average Bonchev–Trinajstić information content (AvgIpc) is 2.53. The number of piperazine rings is 1. The molecule has 3 rings (SSSR count). The van der Waals surface area contributed by atoms with Crippen LogP contribution in [0.15, 0.2) is 16.9 Å². The monoisotopic (exact) mass is 360 g/mol. The topological polar surface area (TPSA) is 51.8 Å². The van der Waals surface area contributed by atoms with Gasteiger partial charge in [-0.15, -0.1) is 0 Å². The van der Waals surface area contributed by atoms with Crippen LogP contribution in [0.4, 0.5) is 24.7 Å². The molecule has 2 unspecified atom stereocenters. The van der Waals surface area contributed by atoms with E-state index in [2.05, 4.69) is 4.98 Å². The molecule has 140 valence electrons. The summed E-state index contributed by atoms with van der Waals surface area (Å²) in [5.74, 6) is 0.219. The number of alkyl halides is 3. The lowest BCUT2D eigenvalue weighted by Crippen LogP contribution is -2.58. The summed E-state index contributed by atoms with van der Waals surface area (Å²) < 4.78 is 45.8. The molecule has 0 saturated carbocycles. The first-order valence-corrected chi connectivity index (χ1v) is 8.36. The molecule has 2 atom stereocenters. The number of hydrogen-bond acceptors (Lipinski definition) is 5. The van der Waals surface area contributed by atoms with E-state index in [0.717, 1.165) is 0 Å². The minimum absolute atomic E-state index is 0.0642. The molecule has 1 aromatic rings. The number of aromatic amines is 1. The zero-order valence-corrected chi connectivity index (χ0v) is 14.3. The molecule has 2 fully saturated rings. The zero-order chi connectivity index (χ0) is 18.2. The first-order chi connectivity index (χ1) is 11.8. The number of nitrogens with zero attached hydrogens (tertiary/aromatic N) is 3. The summed E-state index contributed by atoms with van der Waals surface area (Å²) in [4.78, 5) is 19.6. The summed E-state index contributed by atoms with van der Waals surface area (Å²) >= 11 is 0. The molecule has 25 heavy (non-hydrogen) atoms. The van der Waals surface area contributed by atoms with E-state index >= 15 is 0 Å². The third-order valence-corrected chi connectivity index (χ3v) is 4.78. The van der Waals surface area contributed by atoms with Gasteiger partial charge < -0.3 is 24.4 Å². The molecular weight excluding hydrogens is 337 g/mol. The molecule has 6 nitrogen and oxygen atoms in total. The maximum Gasteiger partial charge on any atom is 0.410 e. The van der Waals surface area contributed by atoms with Crippen molar-refractivity contribution in [2.45, 2.75) is 25.2 Å². The largest absolute Gasteiger partial charge is 0.410 e. The lowest BCUT2D eigenvalue weighted by atomic mass is 10.1. The van der Waals surface area contributed by atoms with Crippen LogP contribution in [0.3, 0.4) is 0 Å². The molecule has 0 spiro atoms. The number of H-pyrrole nitrogens is 1. The van der Waals surface area contributed by atoms with Crippen molar-refractivity contribution in [2.75, 3.05) is 56.2 Å². The number of halogens is 3. The van der Waals surface area contributed by atoms with Crippen LogP contribution in [0, 0.1) is 0 Å². The summed E-state index contributed by atoms with van der Waals surface area (Å²) in [5.41, 5.74) is 0.237. The van der Waals surface area contributed by atoms with Gasteiger partial charge in [0.05, 0.1) is 13.2 Å². The van der Waals surface area contributed by atoms with Gasteiger partial charge in [-0.25, -0.2) is 0 Å². The molecule has 2 aliphatic heterocycles. The van der Waals surface area contributed by atoms with E-state index in [1.54, 1.807) is 18.0 Å². The van der Waals surface area contributed by atoms with Crippen LogP contribution in [0.2, 0.25) is 0 Å². The number of morpholine rings is 1. The van der Waals surface area contributed by atoms with Gasteiger partial charge in [0.2, 0.25) is 0 Å². The molecule has 9 heteroatoms. The second-order valence-corrected chi connectivity index (χ2v) is 6.72. The predicted molar refractivity (Wildman–Crippen MR) is 89.4 cm³/mol. The van der Waals surface area contributed by atoms with Gasteiger partial charge in [0.25, 0.3) is 5.56 Å². The van der Waals surface area contributed by atoms with Gasteiger partial charge in [-0.1, -0.05) is 0 Å². The minimum Gasteiger partial charge on any atom is -0.377 e. The van der Waals surface area contributed by atoms with Gasteiger partial charge in [0, 0.05) is 50.0 Å². The van der Waals surface area contributed by atoms with Crippen molar-refractivity contribution in [1.82, 2.24) is 9.88 Å². The van der Waals surface area contributed by atoms with E-state index in [1.165, 1.54) is 11.0 Å². The highest BCUT2D eigenvalue weighted by atomic mass is 19.4. The van der Waals surface area contributed by atoms with E-state index in [4.69, 9.17) is 4.74 Å². The van der Waals surface area contributed by atoms with Crippen LogP contribution in [0.25, 0.3) is 0 Å². The number of ether oxygens (including phenoxy) is 1. The van der Waals surface area contributed by atoms with E-state index in [0.29, 0.717) is 32.0 Å². The van der Waals surface area contributed by atoms with Gasteiger partial charge in [0.15, 0.2) is 0 Å². The van der Waals surface area contributed by atoms with Gasteiger partial charge >= 0.3 is 6.18 Å². The number of likely N-dealkylation sites (N-methyl/N-ethyl adjacent to an activating group) is 1. The first-order valence-electron chi connectivity index (χ1n) is 8.36. The summed E-state index contributed by atoms with van der Waals surface area (Å²) in [6, 6.07) is 1.51. The summed E-state index contributed by atoms with van der Waals surface area (Å²) in [6.45, 7) is 4.23. The summed E-state index contributed by atoms with van der Waals surface area (Å²) in [7, 11) is 1.67. The normalized spacial score (nSPS) is 26.1. The fourth-order valence-corrected chi connectivity index (χ4v) is 3.43. The number of rotatable bonds is 2. The molecule has 3 heterocycles. The lowest BCUT2D eigenvalue weighted by Gasteiger charge is -2.42. The van der Waals surface area contributed by atoms with Crippen LogP contribution < -0.4 is 15.4 Å². The molecule has 1 aromatic heterocycles. The van der Waals surface area contributed by atoms with E-state index in [9.17, 15) is 18.0 Å². The highest BCUT2D eigenvalue weighted by molar-refractivity contribution is 5.56. The van der Waals surface area contributed by atoms with Crippen LogP contribution in [-0.2, 0) is 4.74 Å². The maximum absolute atomic E-state index is 13.5.